The number of nitrogens with zero attached hydrogens (tertiary/aromatic N) is 4. The number of ether oxygens (including phenoxy) is 2. The first-order chi connectivity index (χ1) is 20.3. The van der Waals surface area contributed by atoms with Crippen molar-refractivity contribution in [1.82, 2.24) is 19.4 Å². The molecule has 4 aliphatic rings. The predicted molar refractivity (Wildman–Crippen MR) is 163 cm³/mol. The number of aromatic nitrogens is 2. The van der Waals surface area contributed by atoms with Gasteiger partial charge in [-0.15, -0.1) is 12.4 Å². The van der Waals surface area contributed by atoms with Crippen LogP contribution in [0.25, 0.3) is 22.3 Å². The minimum Gasteiger partial charge on any atom is -0.458 e. The number of rotatable bonds is 3. The standard InChI is InChI=1S/C32H36N4O6.ClH/c1-3-21-22-15-20(42-31(39)35-13-9-19(10-14-35)34-11-5-4-6-12-34)7-8-26(22)33-28-23(21)17-36-27(28)16-25-24(29(36)37)18-41-30(38)32(25,2)40;/h7-8,15-16,19,40H,3-6,9-14,17-18H2,1-2H3;1H/t32-;/m0./s1. The lowest BCUT2D eigenvalue weighted by Gasteiger charge is -2.39. The molecular weight excluding hydrogens is 572 g/mol. The predicted octanol–water partition coefficient (Wildman–Crippen LogP) is 4.12. The fourth-order valence-corrected chi connectivity index (χ4v) is 7.22. The third kappa shape index (κ3) is 4.89. The van der Waals surface area contributed by atoms with Crippen molar-refractivity contribution >= 4 is 35.4 Å². The molecule has 1 atom stereocenters. The molecule has 228 valence electrons. The van der Waals surface area contributed by atoms with Gasteiger partial charge in [0.25, 0.3) is 5.56 Å². The highest BCUT2D eigenvalue weighted by Crippen LogP contribution is 2.40. The second kappa shape index (κ2) is 11.2. The molecule has 0 radical (unpaired) electrons. The fraction of sp³-hybridized carbons (Fsp3) is 0.500. The number of aliphatic hydroxyl groups is 1. The van der Waals surface area contributed by atoms with E-state index >= 15 is 0 Å². The summed E-state index contributed by atoms with van der Waals surface area (Å²) in [5, 5.41) is 11.7. The SMILES string of the molecule is CCc1c2c(nc3ccc(OC(=O)N4CCC(N5CCCCC5)CC4)cc13)-c1cc3c(c(=O)n1C2)COC(=O)[C@@]3(C)O.Cl. The summed E-state index contributed by atoms with van der Waals surface area (Å²) >= 11 is 0. The zero-order chi connectivity index (χ0) is 29.2. The molecule has 7 rings (SSSR count). The number of piperidine rings is 2. The molecule has 1 amide bonds. The van der Waals surface area contributed by atoms with Crippen molar-refractivity contribution in [3.8, 4) is 17.1 Å². The van der Waals surface area contributed by atoms with Gasteiger partial charge in [0.15, 0.2) is 5.60 Å². The Morgan fingerprint density at radius 2 is 1.84 bits per heavy atom. The summed E-state index contributed by atoms with van der Waals surface area (Å²) in [6.45, 7) is 7.29. The zero-order valence-electron chi connectivity index (χ0n) is 24.6. The van der Waals surface area contributed by atoms with Gasteiger partial charge in [-0.1, -0.05) is 13.3 Å². The van der Waals surface area contributed by atoms with Gasteiger partial charge in [0.1, 0.15) is 12.4 Å². The molecule has 0 unspecified atom stereocenters. The molecule has 0 aliphatic carbocycles. The van der Waals surface area contributed by atoms with Crippen LogP contribution in [0.4, 0.5) is 4.79 Å². The maximum absolute atomic E-state index is 13.5. The van der Waals surface area contributed by atoms with E-state index in [9.17, 15) is 19.5 Å². The Balaban J connectivity index is 0.00000329. The molecule has 4 aliphatic heterocycles. The van der Waals surface area contributed by atoms with Crippen LogP contribution in [-0.2, 0) is 34.7 Å². The van der Waals surface area contributed by atoms with Crippen molar-refractivity contribution in [2.75, 3.05) is 26.2 Å². The number of fused-ring (bicyclic) bond motifs is 5. The minimum atomic E-state index is -1.91. The number of carbonyl (C=O) groups excluding carboxylic acids is 2. The van der Waals surface area contributed by atoms with Crippen LogP contribution < -0.4 is 10.3 Å². The second-order valence-corrected chi connectivity index (χ2v) is 12.1. The van der Waals surface area contributed by atoms with Crippen molar-refractivity contribution in [2.24, 2.45) is 0 Å². The van der Waals surface area contributed by atoms with Crippen molar-refractivity contribution < 1.29 is 24.2 Å². The third-order valence-electron chi connectivity index (χ3n) is 9.59. The number of cyclic esters (lactones) is 1. The number of esters is 1. The number of hydrogen-bond donors (Lipinski definition) is 1. The summed E-state index contributed by atoms with van der Waals surface area (Å²) in [7, 11) is 0. The highest BCUT2D eigenvalue weighted by molar-refractivity contribution is 5.90. The van der Waals surface area contributed by atoms with Crippen molar-refractivity contribution in [2.45, 2.75) is 77.2 Å². The molecule has 6 heterocycles. The van der Waals surface area contributed by atoms with E-state index in [-0.39, 0.29) is 41.8 Å². The lowest BCUT2D eigenvalue weighted by molar-refractivity contribution is -0.169. The topological polar surface area (TPSA) is 114 Å². The van der Waals surface area contributed by atoms with E-state index in [0.29, 0.717) is 49.2 Å². The molecule has 11 heteroatoms. The molecule has 0 bridgehead atoms. The Bertz CT molecular complexity index is 1670. The summed E-state index contributed by atoms with van der Waals surface area (Å²) in [5.41, 5.74) is 2.25. The third-order valence-corrected chi connectivity index (χ3v) is 9.59. The van der Waals surface area contributed by atoms with E-state index in [1.165, 1.54) is 39.3 Å². The van der Waals surface area contributed by atoms with E-state index in [1.807, 2.05) is 19.1 Å². The van der Waals surface area contributed by atoms with Gasteiger partial charge in [-0.25, -0.2) is 14.6 Å². The van der Waals surface area contributed by atoms with Gasteiger partial charge in [0.05, 0.1) is 29.0 Å². The summed E-state index contributed by atoms with van der Waals surface area (Å²) < 4.78 is 12.6. The lowest BCUT2D eigenvalue weighted by atomic mass is 9.89. The Morgan fingerprint density at radius 1 is 1.09 bits per heavy atom. The monoisotopic (exact) mass is 608 g/mol. The molecule has 2 aromatic heterocycles. The molecule has 43 heavy (non-hydrogen) atoms. The van der Waals surface area contributed by atoms with Crippen LogP contribution in [0, 0.1) is 0 Å². The highest BCUT2D eigenvalue weighted by Gasteiger charge is 2.43. The minimum absolute atomic E-state index is 0. The molecule has 1 aromatic carbocycles. The van der Waals surface area contributed by atoms with Gasteiger partial charge in [0.2, 0.25) is 0 Å². The number of hydrogen-bond acceptors (Lipinski definition) is 8. The van der Waals surface area contributed by atoms with Gasteiger partial charge in [0, 0.05) is 35.6 Å². The molecular formula is C32H37ClN4O6. The van der Waals surface area contributed by atoms with Crippen LogP contribution >= 0.6 is 12.4 Å². The molecule has 1 N–H and O–H groups in total. The van der Waals surface area contributed by atoms with Gasteiger partial charge >= 0.3 is 12.1 Å². The van der Waals surface area contributed by atoms with Crippen LogP contribution in [0.1, 0.15) is 68.2 Å². The molecule has 2 saturated heterocycles. The summed E-state index contributed by atoms with van der Waals surface area (Å²) in [5.74, 6) is -0.302. The average molecular weight is 609 g/mol. The number of pyridine rings is 2. The van der Waals surface area contributed by atoms with E-state index in [4.69, 9.17) is 14.5 Å². The number of aryl methyl sites for hydroxylation is 1. The zero-order valence-corrected chi connectivity index (χ0v) is 25.4. The summed E-state index contributed by atoms with van der Waals surface area (Å²) in [4.78, 5) is 48.1. The second-order valence-electron chi connectivity index (χ2n) is 12.1. The average Bonchev–Trinajstić information content (AvgIpc) is 3.37. The Hall–Kier alpha value is -3.47. The number of amides is 1. The van der Waals surface area contributed by atoms with E-state index in [0.717, 1.165) is 34.9 Å². The first-order valence-electron chi connectivity index (χ1n) is 15.1. The Morgan fingerprint density at radius 3 is 2.56 bits per heavy atom. The van der Waals surface area contributed by atoms with E-state index < -0.39 is 11.6 Å². The largest absolute Gasteiger partial charge is 0.458 e. The molecule has 3 aromatic rings. The van der Waals surface area contributed by atoms with Crippen LogP contribution in [0.3, 0.4) is 0 Å². The van der Waals surface area contributed by atoms with E-state index in [1.54, 1.807) is 21.6 Å². The number of likely N-dealkylation sites (tertiary alicyclic amines) is 2. The first-order valence-corrected chi connectivity index (χ1v) is 15.1. The van der Waals surface area contributed by atoms with Crippen LogP contribution in [0.2, 0.25) is 0 Å². The number of benzene rings is 1. The molecule has 10 nitrogen and oxygen atoms in total. The Kier molecular flexibility index (Phi) is 7.73. The number of halogens is 1. The normalized spacial score (nSPS) is 21.9. The molecule has 2 fully saturated rings. The van der Waals surface area contributed by atoms with Gasteiger partial charge in [-0.3, -0.25) is 4.79 Å². The molecule has 0 spiro atoms. The fourth-order valence-electron chi connectivity index (χ4n) is 7.22. The van der Waals surface area contributed by atoms with Gasteiger partial charge in [-0.2, -0.15) is 0 Å². The maximum atomic E-state index is 13.5. The number of carbonyl (C=O) groups is 2. The quantitative estimate of drug-likeness (QED) is 0.346. The van der Waals surface area contributed by atoms with Gasteiger partial charge < -0.3 is 28.9 Å². The van der Waals surface area contributed by atoms with Crippen molar-refractivity contribution in [3.05, 3.63) is 56.9 Å². The van der Waals surface area contributed by atoms with Gasteiger partial charge in [-0.05, 0) is 81.9 Å². The smallest absolute Gasteiger partial charge is 0.415 e. The van der Waals surface area contributed by atoms with Crippen molar-refractivity contribution in [3.63, 3.8) is 0 Å². The maximum Gasteiger partial charge on any atom is 0.415 e. The van der Waals surface area contributed by atoms with Crippen LogP contribution in [0.5, 0.6) is 5.75 Å². The lowest BCUT2D eigenvalue weighted by Crippen LogP contribution is -2.48. The molecule has 0 saturated carbocycles. The summed E-state index contributed by atoms with van der Waals surface area (Å²) in [6, 6.07) is 7.72. The first kappa shape index (κ1) is 29.6. The Labute approximate surface area is 256 Å². The van der Waals surface area contributed by atoms with Crippen LogP contribution in [-0.4, -0.2) is 68.7 Å². The van der Waals surface area contributed by atoms with Crippen molar-refractivity contribution in [1.29, 1.82) is 0 Å². The van der Waals surface area contributed by atoms with Crippen LogP contribution in [0.15, 0.2) is 29.1 Å². The van der Waals surface area contributed by atoms with E-state index in [2.05, 4.69) is 4.90 Å². The summed E-state index contributed by atoms with van der Waals surface area (Å²) in [6.07, 6.45) is 6.16. The highest BCUT2D eigenvalue weighted by atomic mass is 35.5.